The lowest BCUT2D eigenvalue weighted by molar-refractivity contribution is 0.0941. The molecule has 1 heterocycles. The van der Waals surface area contributed by atoms with Crippen molar-refractivity contribution in [2.75, 3.05) is 26.7 Å². The molecule has 0 unspecified atom stereocenters. The number of benzene rings is 2. The Labute approximate surface area is 207 Å². The Kier molecular flexibility index (Phi) is 8.87. The first-order valence-corrected chi connectivity index (χ1v) is 12.3. The van der Waals surface area contributed by atoms with Crippen molar-refractivity contribution in [1.82, 2.24) is 25.0 Å². The molecule has 0 saturated heterocycles. The molecular formula is C27H37N5O3. The Bertz CT molecular complexity index is 1130. The van der Waals surface area contributed by atoms with Gasteiger partial charge in [-0.1, -0.05) is 46.8 Å². The predicted molar refractivity (Wildman–Crippen MR) is 138 cm³/mol. The number of carbonyl (C=O) groups is 1. The fourth-order valence-corrected chi connectivity index (χ4v) is 4.02. The van der Waals surface area contributed by atoms with Crippen LogP contribution in [0.5, 0.6) is 11.5 Å². The molecule has 1 amide bonds. The average molecular weight is 480 g/mol. The largest absolute Gasteiger partial charge is 0.507 e. The first-order valence-electron chi connectivity index (χ1n) is 12.3. The second-order valence-corrected chi connectivity index (χ2v) is 8.83. The van der Waals surface area contributed by atoms with Gasteiger partial charge < -0.3 is 15.2 Å². The number of ether oxygens (including phenoxy) is 1. The van der Waals surface area contributed by atoms with Gasteiger partial charge in [-0.25, -0.2) is 0 Å². The minimum atomic E-state index is -0.310. The minimum Gasteiger partial charge on any atom is -0.507 e. The molecule has 0 atom stereocenters. The predicted octanol–water partition coefficient (Wildman–Crippen LogP) is 4.75. The summed E-state index contributed by atoms with van der Waals surface area (Å²) in [4.78, 5) is 15.3. The SMILES string of the molecule is CCCNC(=O)c1nnc(-c2cc(C(C)C)c(OC)cc2O)n1-c1ccc(CN(CC)CC)cc1. The van der Waals surface area contributed by atoms with E-state index in [1.54, 1.807) is 17.7 Å². The molecule has 2 aromatic carbocycles. The Hall–Kier alpha value is -3.39. The fourth-order valence-electron chi connectivity index (χ4n) is 4.02. The van der Waals surface area contributed by atoms with Crippen molar-refractivity contribution in [3.8, 4) is 28.6 Å². The van der Waals surface area contributed by atoms with E-state index in [-0.39, 0.29) is 23.4 Å². The molecule has 0 aliphatic heterocycles. The first-order chi connectivity index (χ1) is 16.8. The number of hydrogen-bond donors (Lipinski definition) is 2. The molecule has 0 fully saturated rings. The van der Waals surface area contributed by atoms with Gasteiger partial charge in [0.05, 0.1) is 12.7 Å². The van der Waals surface area contributed by atoms with E-state index in [0.29, 0.717) is 23.7 Å². The Morgan fingerprint density at radius 1 is 1.11 bits per heavy atom. The third-order valence-electron chi connectivity index (χ3n) is 6.11. The van der Waals surface area contributed by atoms with Crippen molar-refractivity contribution < 1.29 is 14.6 Å². The molecule has 0 aliphatic rings. The number of nitrogens with zero attached hydrogens (tertiary/aromatic N) is 4. The van der Waals surface area contributed by atoms with Gasteiger partial charge in [-0.2, -0.15) is 0 Å². The van der Waals surface area contributed by atoms with Crippen molar-refractivity contribution in [1.29, 1.82) is 0 Å². The van der Waals surface area contributed by atoms with Gasteiger partial charge in [0, 0.05) is 24.8 Å². The van der Waals surface area contributed by atoms with Gasteiger partial charge in [0.1, 0.15) is 11.5 Å². The standard InChI is InChI=1S/C27H37N5O3/c1-7-14-28-27(34)26-30-29-25(22-15-21(18(4)5)24(35-6)16-23(22)33)32(26)20-12-10-19(11-13-20)17-31(8-2)9-3/h10-13,15-16,18,33H,7-9,14,17H2,1-6H3,(H,28,34). The van der Waals surface area contributed by atoms with E-state index in [2.05, 4.69) is 60.2 Å². The number of phenols is 1. The van der Waals surface area contributed by atoms with Gasteiger partial charge in [-0.05, 0) is 54.8 Å². The second-order valence-electron chi connectivity index (χ2n) is 8.83. The quantitative estimate of drug-likeness (QED) is 0.412. The zero-order valence-corrected chi connectivity index (χ0v) is 21.6. The zero-order valence-electron chi connectivity index (χ0n) is 21.6. The maximum absolute atomic E-state index is 13.0. The van der Waals surface area contributed by atoms with E-state index in [9.17, 15) is 9.90 Å². The number of carbonyl (C=O) groups excluding carboxylic acids is 1. The van der Waals surface area contributed by atoms with Crippen molar-refractivity contribution in [2.24, 2.45) is 0 Å². The number of phenolic OH excluding ortho intramolecular Hbond substituents is 1. The molecular weight excluding hydrogens is 442 g/mol. The lowest BCUT2D eigenvalue weighted by atomic mass is 9.98. The molecule has 0 aliphatic carbocycles. The van der Waals surface area contributed by atoms with Crippen LogP contribution in [0.1, 0.15) is 68.7 Å². The smallest absolute Gasteiger partial charge is 0.289 e. The number of aromatic nitrogens is 3. The van der Waals surface area contributed by atoms with E-state index >= 15 is 0 Å². The van der Waals surface area contributed by atoms with Crippen LogP contribution in [-0.2, 0) is 6.54 Å². The van der Waals surface area contributed by atoms with Crippen LogP contribution in [0.15, 0.2) is 36.4 Å². The highest BCUT2D eigenvalue weighted by Gasteiger charge is 2.24. The molecule has 3 rings (SSSR count). The number of aromatic hydroxyl groups is 1. The summed E-state index contributed by atoms with van der Waals surface area (Å²) in [5, 5.41) is 22.3. The van der Waals surface area contributed by atoms with Crippen LogP contribution < -0.4 is 10.1 Å². The summed E-state index contributed by atoms with van der Waals surface area (Å²) in [5.74, 6) is 1.03. The van der Waals surface area contributed by atoms with Crippen LogP contribution in [0.2, 0.25) is 0 Å². The van der Waals surface area contributed by atoms with Crippen molar-refractivity contribution in [2.45, 2.75) is 53.5 Å². The fraction of sp³-hybridized carbons (Fsp3) is 0.444. The average Bonchev–Trinajstić information content (AvgIpc) is 3.30. The summed E-state index contributed by atoms with van der Waals surface area (Å²) in [7, 11) is 1.58. The molecule has 8 heteroatoms. The van der Waals surface area contributed by atoms with Gasteiger partial charge in [0.15, 0.2) is 5.82 Å². The molecule has 0 spiro atoms. The van der Waals surface area contributed by atoms with Crippen molar-refractivity contribution in [3.05, 3.63) is 53.3 Å². The molecule has 188 valence electrons. The second kappa shape index (κ2) is 11.8. The third kappa shape index (κ3) is 5.82. The zero-order chi connectivity index (χ0) is 25.5. The van der Waals surface area contributed by atoms with Gasteiger partial charge >= 0.3 is 0 Å². The monoisotopic (exact) mass is 479 g/mol. The van der Waals surface area contributed by atoms with Crippen molar-refractivity contribution >= 4 is 5.91 Å². The normalized spacial score (nSPS) is 11.3. The number of rotatable bonds is 11. The first kappa shape index (κ1) is 26.2. The molecule has 3 aromatic rings. The summed E-state index contributed by atoms with van der Waals surface area (Å²) in [6, 6.07) is 11.5. The number of hydrogen-bond acceptors (Lipinski definition) is 6. The number of methoxy groups -OCH3 is 1. The Morgan fingerprint density at radius 2 is 1.80 bits per heavy atom. The van der Waals surface area contributed by atoms with E-state index in [4.69, 9.17) is 4.74 Å². The Morgan fingerprint density at radius 3 is 2.37 bits per heavy atom. The highest BCUT2D eigenvalue weighted by atomic mass is 16.5. The molecule has 35 heavy (non-hydrogen) atoms. The maximum Gasteiger partial charge on any atom is 0.289 e. The van der Waals surface area contributed by atoms with Crippen LogP contribution >= 0.6 is 0 Å². The lowest BCUT2D eigenvalue weighted by Gasteiger charge is -2.19. The lowest BCUT2D eigenvalue weighted by Crippen LogP contribution is -2.27. The van der Waals surface area contributed by atoms with Crippen LogP contribution in [0, 0.1) is 0 Å². The van der Waals surface area contributed by atoms with Gasteiger partial charge in [0.2, 0.25) is 5.82 Å². The van der Waals surface area contributed by atoms with E-state index in [1.165, 1.54) is 5.56 Å². The van der Waals surface area contributed by atoms with Crippen LogP contribution in [0.4, 0.5) is 0 Å². The maximum atomic E-state index is 13.0. The highest BCUT2D eigenvalue weighted by Crippen LogP contribution is 2.38. The van der Waals surface area contributed by atoms with Gasteiger partial charge in [-0.3, -0.25) is 14.3 Å². The van der Waals surface area contributed by atoms with E-state index in [0.717, 1.165) is 37.3 Å². The summed E-state index contributed by atoms with van der Waals surface area (Å²) < 4.78 is 7.18. The summed E-state index contributed by atoms with van der Waals surface area (Å²) in [6.07, 6.45) is 0.809. The number of nitrogens with one attached hydrogen (secondary N) is 1. The Balaban J connectivity index is 2.14. The topological polar surface area (TPSA) is 92.5 Å². The van der Waals surface area contributed by atoms with Gasteiger partial charge in [-0.15, -0.1) is 10.2 Å². The van der Waals surface area contributed by atoms with Crippen LogP contribution in [0.3, 0.4) is 0 Å². The molecule has 0 radical (unpaired) electrons. The summed E-state index contributed by atoms with van der Waals surface area (Å²) >= 11 is 0. The molecule has 0 saturated carbocycles. The number of amides is 1. The summed E-state index contributed by atoms with van der Waals surface area (Å²) in [5.41, 5.74) is 3.35. The van der Waals surface area contributed by atoms with Crippen molar-refractivity contribution in [3.63, 3.8) is 0 Å². The van der Waals surface area contributed by atoms with E-state index in [1.807, 2.05) is 25.1 Å². The highest BCUT2D eigenvalue weighted by molar-refractivity contribution is 5.92. The summed E-state index contributed by atoms with van der Waals surface area (Å²) in [6.45, 7) is 13.7. The third-order valence-corrected chi connectivity index (χ3v) is 6.11. The van der Waals surface area contributed by atoms with Crippen LogP contribution in [0.25, 0.3) is 17.1 Å². The molecule has 0 bridgehead atoms. The van der Waals surface area contributed by atoms with E-state index < -0.39 is 0 Å². The molecule has 8 nitrogen and oxygen atoms in total. The van der Waals surface area contributed by atoms with Gasteiger partial charge in [0.25, 0.3) is 5.91 Å². The van der Waals surface area contributed by atoms with Crippen LogP contribution in [-0.4, -0.2) is 57.4 Å². The molecule has 1 aromatic heterocycles. The minimum absolute atomic E-state index is 0.0126. The molecule has 2 N–H and O–H groups in total.